The molecule has 0 saturated heterocycles. The van der Waals surface area contributed by atoms with Crippen molar-refractivity contribution in [3.8, 4) is 0 Å². The third kappa shape index (κ3) is 2.86. The molecule has 1 aromatic carbocycles. The second-order valence-corrected chi connectivity index (χ2v) is 4.39. The largest absolute Gasteiger partial charge is 0.335 e. The molecule has 1 atom stereocenters. The van der Waals surface area contributed by atoms with Crippen LogP contribution in [0.1, 0.15) is 19.3 Å². The highest BCUT2D eigenvalue weighted by molar-refractivity contribution is 6.17. The average molecular weight is 251 g/mol. The summed E-state index contributed by atoms with van der Waals surface area (Å²) in [6.45, 7) is 0. The Kier molecular flexibility index (Phi) is 4.15. The molecule has 0 aromatic heterocycles. The standard InChI is InChI=1S/C13H15ClN2O/c14-9-5-4-8-12-13(17)15-10-16(12)11-6-2-1-3-7-11/h1-3,6-7,12,15H,4-5,8-9H2. The molecule has 0 bridgehead atoms. The molecular weight excluding hydrogens is 236 g/mol. The Balaban J connectivity index is 2.06. The van der Waals surface area contributed by atoms with Crippen molar-refractivity contribution in [2.24, 2.45) is 0 Å². The lowest BCUT2D eigenvalue weighted by molar-refractivity contribution is -0.367. The minimum absolute atomic E-state index is 0.0171. The number of nitrogens with one attached hydrogen (secondary N) is 1. The summed E-state index contributed by atoms with van der Waals surface area (Å²) in [5.41, 5.74) is 0.988. The summed E-state index contributed by atoms with van der Waals surface area (Å²) >= 11 is 5.65. The van der Waals surface area contributed by atoms with Gasteiger partial charge in [0.05, 0.1) is 0 Å². The molecule has 90 valence electrons. The number of alkyl halides is 1. The Morgan fingerprint density at radius 1 is 1.29 bits per heavy atom. The van der Waals surface area contributed by atoms with Gasteiger partial charge in [-0.1, -0.05) is 30.3 Å². The first kappa shape index (κ1) is 12.1. The molecule has 4 heteroatoms. The number of nitrogens with zero attached hydrogens (tertiary/aromatic N) is 1. The maximum Gasteiger partial charge on any atom is 0.249 e. The zero-order valence-corrected chi connectivity index (χ0v) is 10.3. The molecule has 1 amide bonds. The topological polar surface area (TPSA) is 34.3 Å². The Bertz CT molecular complexity index is 405. The van der Waals surface area contributed by atoms with Crippen molar-refractivity contribution in [2.75, 3.05) is 10.8 Å². The Labute approximate surface area is 106 Å². The number of para-hydroxylation sites is 1. The smallest absolute Gasteiger partial charge is 0.249 e. The van der Waals surface area contributed by atoms with E-state index in [1.54, 1.807) is 0 Å². The van der Waals surface area contributed by atoms with Gasteiger partial charge in [-0.15, -0.1) is 11.6 Å². The summed E-state index contributed by atoms with van der Waals surface area (Å²) in [6, 6.07) is 9.66. The van der Waals surface area contributed by atoms with E-state index in [-0.39, 0.29) is 11.9 Å². The van der Waals surface area contributed by atoms with Crippen LogP contribution in [0.15, 0.2) is 30.3 Å². The highest BCUT2D eigenvalue weighted by Crippen LogP contribution is 2.18. The minimum Gasteiger partial charge on any atom is -0.335 e. The first-order chi connectivity index (χ1) is 8.33. The SMILES string of the molecule is O=C1[NH+]=[C-]N(c2ccccc2)C1CCCCCl. The maximum atomic E-state index is 11.7. The van der Waals surface area contributed by atoms with Crippen molar-refractivity contribution in [2.45, 2.75) is 25.3 Å². The number of unbranched alkanes of at least 4 members (excludes halogenated alkanes) is 1. The number of carbonyl (C=O) groups excluding carboxylic acids is 1. The normalized spacial score (nSPS) is 19.0. The second kappa shape index (κ2) is 5.82. The fourth-order valence-corrected chi connectivity index (χ4v) is 2.11. The van der Waals surface area contributed by atoms with Crippen molar-refractivity contribution in [1.29, 1.82) is 0 Å². The number of halogens is 1. The van der Waals surface area contributed by atoms with E-state index in [1.807, 2.05) is 35.2 Å². The summed E-state index contributed by atoms with van der Waals surface area (Å²) in [6.07, 6.45) is 5.60. The van der Waals surface area contributed by atoms with Crippen LogP contribution in [-0.2, 0) is 4.79 Å². The second-order valence-electron chi connectivity index (χ2n) is 4.01. The fraction of sp³-hybridized carbons (Fsp3) is 0.385. The summed E-state index contributed by atoms with van der Waals surface area (Å²) in [4.78, 5) is 16.2. The molecule has 0 saturated carbocycles. The van der Waals surface area contributed by atoms with E-state index in [4.69, 9.17) is 11.6 Å². The van der Waals surface area contributed by atoms with Crippen LogP contribution in [0, 0.1) is 0 Å². The van der Waals surface area contributed by atoms with Crippen LogP contribution in [0.25, 0.3) is 0 Å². The Morgan fingerprint density at radius 2 is 2.06 bits per heavy atom. The van der Waals surface area contributed by atoms with Gasteiger partial charge in [-0.2, -0.15) is 0 Å². The molecule has 1 unspecified atom stereocenters. The number of amides is 1. The van der Waals surface area contributed by atoms with Gasteiger partial charge in [0.15, 0.2) is 0 Å². The van der Waals surface area contributed by atoms with Crippen molar-refractivity contribution in [1.82, 2.24) is 0 Å². The van der Waals surface area contributed by atoms with Crippen LogP contribution >= 0.6 is 11.6 Å². The molecule has 1 N–H and O–H groups in total. The molecule has 0 aliphatic carbocycles. The van der Waals surface area contributed by atoms with Crippen LogP contribution < -0.4 is 9.89 Å². The number of hydrogen-bond acceptors (Lipinski definition) is 2. The fourth-order valence-electron chi connectivity index (χ4n) is 1.92. The van der Waals surface area contributed by atoms with E-state index in [1.165, 1.54) is 0 Å². The summed E-state index contributed by atoms with van der Waals surface area (Å²) in [5, 5.41) is 0. The highest BCUT2D eigenvalue weighted by atomic mass is 35.5. The van der Waals surface area contributed by atoms with Crippen molar-refractivity contribution >= 4 is 29.5 Å². The van der Waals surface area contributed by atoms with Crippen LogP contribution in [0.4, 0.5) is 5.69 Å². The third-order valence-corrected chi connectivity index (χ3v) is 3.08. The Hall–Kier alpha value is -1.35. The minimum atomic E-state index is -0.152. The van der Waals surface area contributed by atoms with Gasteiger partial charge in [0.2, 0.25) is 12.2 Å². The van der Waals surface area contributed by atoms with Gasteiger partial charge in [-0.3, -0.25) is 0 Å². The molecule has 0 fully saturated rings. The molecule has 17 heavy (non-hydrogen) atoms. The molecule has 2 rings (SSSR count). The first-order valence-electron chi connectivity index (χ1n) is 5.78. The maximum absolute atomic E-state index is 11.7. The predicted molar refractivity (Wildman–Crippen MR) is 68.3 cm³/mol. The Morgan fingerprint density at radius 3 is 2.76 bits per heavy atom. The number of benzene rings is 1. The quantitative estimate of drug-likeness (QED) is 0.477. The van der Waals surface area contributed by atoms with Crippen LogP contribution in [0.5, 0.6) is 0 Å². The lowest BCUT2D eigenvalue weighted by atomic mass is 10.1. The number of anilines is 1. The molecular formula is C13H15ClN2O. The lowest BCUT2D eigenvalue weighted by Gasteiger charge is -2.22. The lowest BCUT2D eigenvalue weighted by Crippen LogP contribution is -2.72. The van der Waals surface area contributed by atoms with Crippen LogP contribution in [0.3, 0.4) is 0 Å². The zero-order chi connectivity index (χ0) is 12.1. The van der Waals surface area contributed by atoms with Gasteiger partial charge in [-0.25, -0.2) is 0 Å². The summed E-state index contributed by atoms with van der Waals surface area (Å²) < 4.78 is 0. The highest BCUT2D eigenvalue weighted by Gasteiger charge is 2.28. The van der Waals surface area contributed by atoms with Crippen molar-refractivity contribution in [3.05, 3.63) is 30.3 Å². The van der Waals surface area contributed by atoms with Gasteiger partial charge in [0, 0.05) is 11.6 Å². The van der Waals surface area contributed by atoms with E-state index < -0.39 is 0 Å². The molecule has 0 radical (unpaired) electrons. The first-order valence-corrected chi connectivity index (χ1v) is 6.32. The van der Waals surface area contributed by atoms with E-state index in [0.29, 0.717) is 5.88 Å². The number of hydrogen-bond donors (Lipinski definition) is 1. The van der Waals surface area contributed by atoms with E-state index in [0.717, 1.165) is 24.9 Å². The molecule has 3 nitrogen and oxygen atoms in total. The molecule has 1 heterocycles. The van der Waals surface area contributed by atoms with Crippen LogP contribution in [0.2, 0.25) is 0 Å². The molecule has 1 aliphatic heterocycles. The van der Waals surface area contributed by atoms with Crippen LogP contribution in [-0.4, -0.2) is 24.2 Å². The van der Waals surface area contributed by atoms with Gasteiger partial charge in [0.1, 0.15) is 6.04 Å². The predicted octanol–water partition coefficient (Wildman–Crippen LogP) is 0.797. The van der Waals surface area contributed by atoms with Crippen molar-refractivity contribution < 1.29 is 9.79 Å². The average Bonchev–Trinajstić information content (AvgIpc) is 2.73. The number of rotatable bonds is 5. The van der Waals surface area contributed by atoms with Crippen molar-refractivity contribution in [3.63, 3.8) is 0 Å². The van der Waals surface area contributed by atoms with E-state index in [2.05, 4.69) is 11.3 Å². The summed E-state index contributed by atoms with van der Waals surface area (Å²) in [5.74, 6) is 0.663. The molecule has 1 aliphatic rings. The van der Waals surface area contributed by atoms with Gasteiger partial charge >= 0.3 is 0 Å². The van der Waals surface area contributed by atoms with E-state index >= 15 is 0 Å². The summed E-state index contributed by atoms with van der Waals surface area (Å²) in [7, 11) is 0. The van der Waals surface area contributed by atoms with Gasteiger partial charge in [0.25, 0.3) is 0 Å². The third-order valence-electron chi connectivity index (χ3n) is 2.81. The monoisotopic (exact) mass is 250 g/mol. The van der Waals surface area contributed by atoms with Gasteiger partial charge in [-0.05, 0) is 19.3 Å². The molecule has 0 spiro atoms. The molecule has 1 aromatic rings. The zero-order valence-electron chi connectivity index (χ0n) is 9.53. The number of carbonyl (C=O) groups is 1. The van der Waals surface area contributed by atoms with E-state index in [9.17, 15) is 4.79 Å². The van der Waals surface area contributed by atoms with Gasteiger partial charge < -0.3 is 14.7 Å².